The van der Waals surface area contributed by atoms with Gasteiger partial charge in [-0.25, -0.2) is 4.99 Å². The molecule has 0 atom stereocenters. The van der Waals surface area contributed by atoms with Crippen LogP contribution in [0.3, 0.4) is 0 Å². The molecule has 1 N–H and O–H groups in total. The van der Waals surface area contributed by atoms with Gasteiger partial charge in [0.25, 0.3) is 0 Å². The largest absolute Gasteiger partial charge is 0.385 e. The highest BCUT2D eigenvalue weighted by molar-refractivity contribution is 14.0. The number of hydrogen-bond donors (Lipinski definition) is 1. The minimum atomic E-state index is 0. The predicted molar refractivity (Wildman–Crippen MR) is 118 cm³/mol. The zero-order chi connectivity index (χ0) is 18.6. The minimum Gasteiger partial charge on any atom is -0.385 e. The number of nitrogens with zero attached hydrogens (tertiary/aromatic N) is 3. The molecule has 150 valence electrons. The molecule has 1 heterocycles. The van der Waals surface area contributed by atoms with Crippen molar-refractivity contribution in [3.63, 3.8) is 0 Å². The van der Waals surface area contributed by atoms with E-state index in [4.69, 9.17) is 19.7 Å². The maximum Gasteiger partial charge on any atom is 0.194 e. The molecule has 1 fully saturated rings. The second-order valence-corrected chi connectivity index (χ2v) is 6.38. The first-order valence-electron chi connectivity index (χ1n) is 9.39. The Morgan fingerprint density at radius 1 is 1.26 bits per heavy atom. The van der Waals surface area contributed by atoms with Crippen molar-refractivity contribution < 1.29 is 9.47 Å². The Bertz CT molecular complexity index is 593. The molecule has 27 heavy (non-hydrogen) atoms. The van der Waals surface area contributed by atoms with Crippen LogP contribution in [0.15, 0.2) is 29.3 Å². The monoisotopic (exact) mass is 486 g/mol. The molecule has 0 bridgehead atoms. The molecule has 1 aliphatic rings. The lowest BCUT2D eigenvalue weighted by atomic mass is 10.1. The van der Waals surface area contributed by atoms with Gasteiger partial charge in [-0.15, -0.1) is 24.0 Å². The maximum atomic E-state index is 8.88. The first kappa shape index (κ1) is 23.7. The van der Waals surface area contributed by atoms with Gasteiger partial charge in [0.05, 0.1) is 24.3 Å². The van der Waals surface area contributed by atoms with Crippen molar-refractivity contribution in [3.05, 3.63) is 35.4 Å². The molecule has 0 amide bonds. The van der Waals surface area contributed by atoms with Crippen molar-refractivity contribution in [2.24, 2.45) is 4.99 Å². The van der Waals surface area contributed by atoms with E-state index in [1.54, 1.807) is 7.11 Å². The number of ether oxygens (including phenoxy) is 2. The SMILES string of the molecule is CCNC(=NCc1ccc(C#N)cc1)N1CCC(OCCCOC)CC1.I. The van der Waals surface area contributed by atoms with E-state index in [0.29, 0.717) is 18.2 Å². The predicted octanol–water partition coefficient (Wildman–Crippen LogP) is 3.16. The number of benzene rings is 1. The van der Waals surface area contributed by atoms with Crippen molar-refractivity contribution in [1.82, 2.24) is 10.2 Å². The molecule has 0 aliphatic carbocycles. The molecule has 1 saturated heterocycles. The third-order valence-electron chi connectivity index (χ3n) is 4.42. The summed E-state index contributed by atoms with van der Waals surface area (Å²) in [7, 11) is 1.72. The van der Waals surface area contributed by atoms with Crippen LogP contribution in [0.2, 0.25) is 0 Å². The van der Waals surface area contributed by atoms with Gasteiger partial charge in [0.2, 0.25) is 0 Å². The van der Waals surface area contributed by atoms with E-state index >= 15 is 0 Å². The summed E-state index contributed by atoms with van der Waals surface area (Å²) in [5.74, 6) is 0.953. The van der Waals surface area contributed by atoms with E-state index < -0.39 is 0 Å². The Hall–Kier alpha value is -1.37. The number of likely N-dealkylation sites (tertiary alicyclic amines) is 1. The van der Waals surface area contributed by atoms with Crippen LogP contribution in [-0.4, -0.2) is 56.9 Å². The summed E-state index contributed by atoms with van der Waals surface area (Å²) >= 11 is 0. The summed E-state index contributed by atoms with van der Waals surface area (Å²) in [6, 6.07) is 9.74. The molecule has 1 aromatic rings. The fraction of sp³-hybridized carbons (Fsp3) is 0.600. The number of rotatable bonds is 8. The van der Waals surface area contributed by atoms with E-state index in [9.17, 15) is 0 Å². The van der Waals surface area contributed by atoms with Crippen LogP contribution < -0.4 is 5.32 Å². The van der Waals surface area contributed by atoms with Gasteiger partial charge in [0.15, 0.2) is 5.96 Å². The highest BCUT2D eigenvalue weighted by Crippen LogP contribution is 2.15. The van der Waals surface area contributed by atoms with Gasteiger partial charge < -0.3 is 19.7 Å². The third kappa shape index (κ3) is 8.45. The van der Waals surface area contributed by atoms with Gasteiger partial charge in [-0.1, -0.05) is 12.1 Å². The molecule has 2 rings (SSSR count). The quantitative estimate of drug-likeness (QED) is 0.265. The normalized spacial score (nSPS) is 15.1. The lowest BCUT2D eigenvalue weighted by Crippen LogP contribution is -2.47. The van der Waals surface area contributed by atoms with Crippen molar-refractivity contribution in [1.29, 1.82) is 5.26 Å². The van der Waals surface area contributed by atoms with Gasteiger partial charge in [0, 0.05) is 40.0 Å². The Kier molecular flexibility index (Phi) is 12.1. The standard InChI is InChI=1S/C20H30N4O2.HI/c1-3-22-20(23-16-18-7-5-17(15-21)6-8-18)24-11-9-19(10-12-24)26-14-4-13-25-2;/h5-8,19H,3-4,9-14,16H2,1-2H3,(H,22,23);1H. The number of guanidine groups is 1. The molecule has 6 nitrogen and oxygen atoms in total. The lowest BCUT2D eigenvalue weighted by Gasteiger charge is -2.34. The average Bonchev–Trinajstić information content (AvgIpc) is 2.69. The van der Waals surface area contributed by atoms with Gasteiger partial charge in [-0.3, -0.25) is 0 Å². The lowest BCUT2D eigenvalue weighted by molar-refractivity contribution is 0.00990. The van der Waals surface area contributed by atoms with Crippen LogP contribution in [0.5, 0.6) is 0 Å². The molecule has 0 unspecified atom stereocenters. The molecular weight excluding hydrogens is 455 g/mol. The number of nitriles is 1. The number of aliphatic imine (C=N–C) groups is 1. The van der Waals surface area contributed by atoms with E-state index in [0.717, 1.165) is 63.6 Å². The number of nitrogens with one attached hydrogen (secondary N) is 1. The maximum absolute atomic E-state index is 8.88. The van der Waals surface area contributed by atoms with E-state index in [1.165, 1.54) is 0 Å². The zero-order valence-corrected chi connectivity index (χ0v) is 18.6. The van der Waals surface area contributed by atoms with Crippen molar-refractivity contribution >= 4 is 29.9 Å². The average molecular weight is 486 g/mol. The third-order valence-corrected chi connectivity index (χ3v) is 4.42. The van der Waals surface area contributed by atoms with Crippen molar-refractivity contribution in [3.8, 4) is 6.07 Å². The number of hydrogen-bond acceptors (Lipinski definition) is 4. The highest BCUT2D eigenvalue weighted by atomic mass is 127. The highest BCUT2D eigenvalue weighted by Gasteiger charge is 2.21. The Morgan fingerprint density at radius 2 is 1.96 bits per heavy atom. The fourth-order valence-corrected chi connectivity index (χ4v) is 2.96. The van der Waals surface area contributed by atoms with Gasteiger partial charge in [-0.05, 0) is 43.9 Å². The van der Waals surface area contributed by atoms with Crippen LogP contribution in [0.4, 0.5) is 0 Å². The van der Waals surface area contributed by atoms with Crippen LogP contribution >= 0.6 is 24.0 Å². The van der Waals surface area contributed by atoms with E-state index in [1.807, 2.05) is 24.3 Å². The Morgan fingerprint density at radius 3 is 2.56 bits per heavy atom. The van der Waals surface area contributed by atoms with Gasteiger partial charge >= 0.3 is 0 Å². The molecule has 1 aliphatic heterocycles. The molecule has 0 radical (unpaired) electrons. The van der Waals surface area contributed by atoms with Gasteiger partial charge in [-0.2, -0.15) is 5.26 Å². The first-order valence-corrected chi connectivity index (χ1v) is 9.39. The fourth-order valence-electron chi connectivity index (χ4n) is 2.96. The Balaban J connectivity index is 0.00000364. The topological polar surface area (TPSA) is 69.9 Å². The van der Waals surface area contributed by atoms with Crippen LogP contribution in [0, 0.1) is 11.3 Å². The molecule has 7 heteroatoms. The van der Waals surface area contributed by atoms with Gasteiger partial charge in [0.1, 0.15) is 0 Å². The number of halogens is 1. The van der Waals surface area contributed by atoms with E-state index in [2.05, 4.69) is 23.2 Å². The second kappa shape index (κ2) is 13.7. The summed E-state index contributed by atoms with van der Waals surface area (Å²) in [6.07, 6.45) is 3.33. The van der Waals surface area contributed by atoms with E-state index in [-0.39, 0.29) is 24.0 Å². The Labute approximate surface area is 180 Å². The first-order chi connectivity index (χ1) is 12.8. The number of piperidine rings is 1. The summed E-state index contributed by atoms with van der Waals surface area (Å²) < 4.78 is 11.0. The summed E-state index contributed by atoms with van der Waals surface area (Å²) in [5.41, 5.74) is 1.79. The molecule has 0 spiro atoms. The van der Waals surface area contributed by atoms with Crippen molar-refractivity contribution in [2.75, 3.05) is 40.0 Å². The second-order valence-electron chi connectivity index (χ2n) is 6.38. The van der Waals surface area contributed by atoms with Crippen molar-refractivity contribution in [2.45, 2.75) is 38.8 Å². The van der Waals surface area contributed by atoms with Crippen LogP contribution in [0.1, 0.15) is 37.3 Å². The molecule has 0 aromatic heterocycles. The summed E-state index contributed by atoms with van der Waals surface area (Å²) in [6.45, 7) is 6.98. The number of methoxy groups -OCH3 is 1. The summed E-state index contributed by atoms with van der Waals surface area (Å²) in [4.78, 5) is 7.07. The molecular formula is C20H31IN4O2. The smallest absolute Gasteiger partial charge is 0.194 e. The zero-order valence-electron chi connectivity index (χ0n) is 16.3. The molecule has 1 aromatic carbocycles. The summed E-state index contributed by atoms with van der Waals surface area (Å²) in [5, 5.41) is 12.3. The molecule has 0 saturated carbocycles. The van der Waals surface area contributed by atoms with Crippen LogP contribution in [0.25, 0.3) is 0 Å². The van der Waals surface area contributed by atoms with Crippen LogP contribution in [-0.2, 0) is 16.0 Å². The minimum absolute atomic E-state index is 0.